The smallest absolute Gasteiger partial charge is 0.352 e. The molecule has 1 aromatic carbocycles. The Morgan fingerprint density at radius 3 is 2.82 bits per heavy atom. The number of rotatable bonds is 5. The maximum absolute atomic E-state index is 12.9. The highest BCUT2D eigenvalue weighted by Crippen LogP contribution is 2.34. The van der Waals surface area contributed by atoms with Crippen molar-refractivity contribution < 1.29 is 19.4 Å². The first-order chi connectivity index (χ1) is 13.6. The number of hydrogen-bond acceptors (Lipinski definition) is 6. The second-order valence-electron chi connectivity index (χ2n) is 5.98. The van der Waals surface area contributed by atoms with Crippen LogP contribution < -0.4 is 15.4 Å². The molecule has 3 N–H and O–H groups in total. The third-order valence-electron chi connectivity index (χ3n) is 4.30. The summed E-state index contributed by atoms with van der Waals surface area (Å²) in [6.07, 6.45) is 3.00. The Bertz CT molecular complexity index is 1070. The van der Waals surface area contributed by atoms with Crippen molar-refractivity contribution in [2.24, 2.45) is 0 Å². The van der Waals surface area contributed by atoms with Gasteiger partial charge in [0.2, 0.25) is 0 Å². The number of nitrogens with one attached hydrogen (secondary N) is 2. The number of hydrogen-bond donors (Lipinski definition) is 3. The lowest BCUT2D eigenvalue weighted by atomic mass is 10.1. The first kappa shape index (κ1) is 17.8. The third-order valence-corrected chi connectivity index (χ3v) is 5.24. The van der Waals surface area contributed by atoms with Gasteiger partial charge in [0.25, 0.3) is 5.91 Å². The summed E-state index contributed by atoms with van der Waals surface area (Å²) < 4.78 is 6.86. The number of methoxy groups -OCH3 is 1. The van der Waals surface area contributed by atoms with E-state index in [0.717, 1.165) is 4.88 Å². The maximum Gasteiger partial charge on any atom is 0.352 e. The number of amides is 1. The fraction of sp³-hybridized carbons (Fsp3) is 0.105. The van der Waals surface area contributed by atoms with Gasteiger partial charge >= 0.3 is 5.97 Å². The molecule has 0 fully saturated rings. The van der Waals surface area contributed by atoms with Gasteiger partial charge in [-0.3, -0.25) is 4.79 Å². The summed E-state index contributed by atoms with van der Waals surface area (Å²) in [5.74, 6) is -0.682. The van der Waals surface area contributed by atoms with Crippen LogP contribution in [0.15, 0.2) is 59.7 Å². The van der Waals surface area contributed by atoms with Crippen molar-refractivity contribution in [3.63, 3.8) is 0 Å². The lowest BCUT2D eigenvalue weighted by Crippen LogP contribution is -2.25. The summed E-state index contributed by atoms with van der Waals surface area (Å²) in [7, 11) is 1.52. The van der Waals surface area contributed by atoms with Crippen molar-refractivity contribution in [2.45, 2.75) is 6.04 Å². The number of carbonyl (C=O) groups excluding carboxylic acids is 1. The number of ether oxygens (including phenoxy) is 1. The minimum absolute atomic E-state index is 0.00209. The highest BCUT2D eigenvalue weighted by molar-refractivity contribution is 7.10. The largest absolute Gasteiger partial charge is 0.495 e. The Morgan fingerprint density at radius 2 is 2.11 bits per heavy atom. The van der Waals surface area contributed by atoms with E-state index in [1.54, 1.807) is 35.0 Å². The Kier molecular flexibility index (Phi) is 4.58. The van der Waals surface area contributed by atoms with Crippen molar-refractivity contribution in [1.82, 2.24) is 9.78 Å². The van der Waals surface area contributed by atoms with Crippen molar-refractivity contribution in [1.29, 1.82) is 0 Å². The molecule has 9 heteroatoms. The fourth-order valence-corrected chi connectivity index (χ4v) is 3.76. The molecule has 1 aliphatic heterocycles. The first-order valence-corrected chi connectivity index (χ1v) is 9.24. The molecule has 8 nitrogen and oxygen atoms in total. The van der Waals surface area contributed by atoms with Gasteiger partial charge in [0.15, 0.2) is 0 Å². The molecule has 1 unspecified atom stereocenters. The monoisotopic (exact) mass is 396 g/mol. The molecule has 1 aliphatic rings. The van der Waals surface area contributed by atoms with Crippen LogP contribution in [0.25, 0.3) is 0 Å². The van der Waals surface area contributed by atoms with Gasteiger partial charge < -0.3 is 20.5 Å². The second kappa shape index (κ2) is 7.20. The first-order valence-electron chi connectivity index (χ1n) is 8.36. The molecule has 2 aromatic heterocycles. The molecule has 1 atom stereocenters. The van der Waals surface area contributed by atoms with Gasteiger partial charge in [-0.05, 0) is 29.7 Å². The molecule has 142 valence electrons. The maximum atomic E-state index is 12.9. The molecule has 1 amide bonds. The number of para-hydroxylation sites is 2. The lowest BCUT2D eigenvalue weighted by molar-refractivity contribution is -0.132. The Morgan fingerprint density at radius 1 is 1.29 bits per heavy atom. The van der Waals surface area contributed by atoms with E-state index in [1.807, 2.05) is 17.5 Å². The number of allylic oxidation sites excluding steroid dienone is 1. The average molecular weight is 396 g/mol. The summed E-state index contributed by atoms with van der Waals surface area (Å²) >= 11 is 1.49. The number of nitrogens with zero attached hydrogens (tertiary/aromatic N) is 2. The van der Waals surface area contributed by atoms with Crippen LogP contribution in [0.4, 0.5) is 11.5 Å². The number of aliphatic carboxylic acids is 1. The highest BCUT2D eigenvalue weighted by atomic mass is 32.1. The minimum Gasteiger partial charge on any atom is -0.495 e. The van der Waals surface area contributed by atoms with Gasteiger partial charge in [0.05, 0.1) is 19.0 Å². The van der Waals surface area contributed by atoms with Gasteiger partial charge in [-0.25, -0.2) is 9.48 Å². The van der Waals surface area contributed by atoms with Gasteiger partial charge in [-0.15, -0.1) is 11.3 Å². The Labute approximate surface area is 164 Å². The quantitative estimate of drug-likeness (QED) is 0.612. The van der Waals surface area contributed by atoms with Crippen molar-refractivity contribution in [2.75, 3.05) is 17.7 Å². The van der Waals surface area contributed by atoms with Crippen LogP contribution in [0.2, 0.25) is 0 Å². The minimum atomic E-state index is -1.11. The molecule has 3 aromatic rings. The van der Waals surface area contributed by atoms with Gasteiger partial charge in [-0.1, -0.05) is 18.2 Å². The average Bonchev–Trinajstić information content (AvgIpc) is 3.37. The topological polar surface area (TPSA) is 105 Å². The number of thiophene rings is 1. The lowest BCUT2D eigenvalue weighted by Gasteiger charge is -2.23. The predicted octanol–water partition coefficient (Wildman–Crippen LogP) is 3.19. The van der Waals surface area contributed by atoms with Crippen molar-refractivity contribution >= 4 is 34.7 Å². The van der Waals surface area contributed by atoms with E-state index in [-0.39, 0.29) is 11.3 Å². The van der Waals surface area contributed by atoms with Crippen molar-refractivity contribution in [3.05, 3.63) is 70.2 Å². The number of carbonyl (C=O) groups is 2. The zero-order valence-corrected chi connectivity index (χ0v) is 15.6. The van der Waals surface area contributed by atoms with Crippen LogP contribution in [0, 0.1) is 0 Å². The van der Waals surface area contributed by atoms with E-state index in [4.69, 9.17) is 4.74 Å². The number of anilines is 2. The molecule has 0 saturated carbocycles. The molecule has 0 bridgehead atoms. The van der Waals surface area contributed by atoms with E-state index in [1.165, 1.54) is 24.6 Å². The zero-order chi connectivity index (χ0) is 19.7. The van der Waals surface area contributed by atoms with Crippen LogP contribution in [-0.2, 0) is 4.79 Å². The summed E-state index contributed by atoms with van der Waals surface area (Å²) in [5, 5.41) is 21.3. The van der Waals surface area contributed by atoms with E-state index >= 15 is 0 Å². The highest BCUT2D eigenvalue weighted by Gasteiger charge is 2.30. The normalized spacial score (nSPS) is 15.2. The Hall–Kier alpha value is -3.59. The third kappa shape index (κ3) is 3.12. The van der Waals surface area contributed by atoms with Gasteiger partial charge in [0, 0.05) is 4.88 Å². The summed E-state index contributed by atoms with van der Waals surface area (Å²) in [6.45, 7) is 0. The zero-order valence-electron chi connectivity index (χ0n) is 14.7. The number of carboxylic acids is 1. The van der Waals surface area contributed by atoms with Crippen molar-refractivity contribution in [3.8, 4) is 5.75 Å². The Balaban J connectivity index is 1.71. The summed E-state index contributed by atoms with van der Waals surface area (Å²) in [5.41, 5.74) is 0.742. The molecule has 4 rings (SSSR count). The number of aromatic nitrogens is 2. The van der Waals surface area contributed by atoms with Crippen LogP contribution >= 0.6 is 11.3 Å². The molecule has 0 saturated heterocycles. The van der Waals surface area contributed by atoms with E-state index in [9.17, 15) is 14.7 Å². The molecular weight excluding hydrogens is 380 g/mol. The second-order valence-corrected chi connectivity index (χ2v) is 6.96. The van der Waals surface area contributed by atoms with Crippen LogP contribution in [0.3, 0.4) is 0 Å². The molecular formula is C19H16N4O4S. The van der Waals surface area contributed by atoms with Crippen LogP contribution in [0.1, 0.15) is 21.3 Å². The number of fused-ring (bicyclic) bond motifs is 1. The van der Waals surface area contributed by atoms with Crippen LogP contribution in [-0.4, -0.2) is 33.9 Å². The molecule has 0 radical (unpaired) electrons. The molecule has 0 aliphatic carbocycles. The summed E-state index contributed by atoms with van der Waals surface area (Å²) in [4.78, 5) is 25.4. The standard InChI is InChI=1S/C19H16N4O4S/c1-27-15-6-3-2-5-12(15)22-18(24)11-10-20-23-14(16-7-4-8-28-16)9-13(19(25)26)21-17(11)23/h2-10,14,21H,1H3,(H,22,24)(H,25,26). The summed E-state index contributed by atoms with van der Waals surface area (Å²) in [6, 6.07) is 10.4. The SMILES string of the molecule is COc1ccccc1NC(=O)c1cnn2c1NC(C(=O)O)=CC2c1cccs1. The molecule has 3 heterocycles. The van der Waals surface area contributed by atoms with E-state index in [2.05, 4.69) is 15.7 Å². The number of carboxylic acid groups (broad SMARTS) is 1. The van der Waals surface area contributed by atoms with Crippen LogP contribution in [0.5, 0.6) is 5.75 Å². The van der Waals surface area contributed by atoms with Gasteiger partial charge in [-0.2, -0.15) is 5.10 Å². The predicted molar refractivity (Wildman–Crippen MR) is 105 cm³/mol. The van der Waals surface area contributed by atoms with E-state index < -0.39 is 17.9 Å². The number of benzene rings is 1. The van der Waals surface area contributed by atoms with E-state index in [0.29, 0.717) is 17.3 Å². The molecule has 28 heavy (non-hydrogen) atoms. The van der Waals surface area contributed by atoms with Gasteiger partial charge in [0.1, 0.15) is 28.9 Å². The fourth-order valence-electron chi connectivity index (χ4n) is 2.99. The molecule has 0 spiro atoms.